The molecule has 2 aromatic rings. The average Bonchev–Trinajstić information content (AvgIpc) is 3.29. The van der Waals surface area contributed by atoms with Gasteiger partial charge in [0, 0.05) is 10.2 Å². The van der Waals surface area contributed by atoms with E-state index in [4.69, 9.17) is 4.74 Å². The second kappa shape index (κ2) is 5.84. The Bertz CT molecular complexity index is 585. The minimum Gasteiger partial charge on any atom is -0.491 e. The van der Waals surface area contributed by atoms with Gasteiger partial charge in [-0.15, -0.1) is 0 Å². The van der Waals surface area contributed by atoms with Gasteiger partial charge in [-0.25, -0.2) is 0 Å². The van der Waals surface area contributed by atoms with Crippen LogP contribution in [0.2, 0.25) is 0 Å². The molecule has 0 aromatic heterocycles. The van der Waals surface area contributed by atoms with Gasteiger partial charge in [0.1, 0.15) is 5.75 Å². The molecule has 1 saturated carbocycles. The van der Waals surface area contributed by atoms with Crippen LogP contribution in [0.15, 0.2) is 54.6 Å². The van der Waals surface area contributed by atoms with Crippen molar-refractivity contribution in [2.24, 2.45) is 0 Å². The monoisotopic (exact) mass is 344 g/mol. The van der Waals surface area contributed by atoms with Crippen molar-refractivity contribution in [2.45, 2.75) is 43.0 Å². The van der Waals surface area contributed by atoms with Crippen LogP contribution in [-0.2, 0) is 5.41 Å². The maximum Gasteiger partial charge on any atom is 0.119 e. The molecule has 2 aromatic carbocycles. The van der Waals surface area contributed by atoms with Crippen molar-refractivity contribution in [2.75, 3.05) is 0 Å². The fourth-order valence-electron chi connectivity index (χ4n) is 2.90. The number of benzene rings is 2. The lowest BCUT2D eigenvalue weighted by Gasteiger charge is -2.23. The minimum absolute atomic E-state index is 0.217. The third-order valence-corrected chi connectivity index (χ3v) is 5.57. The molecular formula is C19H21BrO. The van der Waals surface area contributed by atoms with E-state index in [1.165, 1.54) is 24.0 Å². The molecule has 1 atom stereocenters. The van der Waals surface area contributed by atoms with Crippen molar-refractivity contribution in [3.8, 4) is 5.75 Å². The van der Waals surface area contributed by atoms with E-state index in [9.17, 15) is 0 Å². The molecule has 1 fully saturated rings. The molecule has 0 aliphatic heterocycles. The molecule has 1 aliphatic rings. The summed E-state index contributed by atoms with van der Waals surface area (Å²) in [5, 5.41) is 0. The Balaban J connectivity index is 1.81. The fraction of sp³-hybridized carbons (Fsp3) is 0.368. The van der Waals surface area contributed by atoms with Gasteiger partial charge in [-0.2, -0.15) is 0 Å². The van der Waals surface area contributed by atoms with Crippen LogP contribution in [0.25, 0.3) is 0 Å². The van der Waals surface area contributed by atoms with Crippen molar-refractivity contribution >= 4 is 15.9 Å². The van der Waals surface area contributed by atoms with Gasteiger partial charge in [-0.1, -0.05) is 58.4 Å². The normalized spacial score (nSPS) is 17.5. The lowest BCUT2D eigenvalue weighted by molar-refractivity contribution is 0.242. The van der Waals surface area contributed by atoms with Crippen LogP contribution in [0.3, 0.4) is 0 Å². The van der Waals surface area contributed by atoms with E-state index in [1.54, 1.807) is 0 Å². The van der Waals surface area contributed by atoms with Gasteiger partial charge in [0.15, 0.2) is 0 Å². The molecule has 0 N–H and O–H groups in total. The molecule has 0 saturated heterocycles. The van der Waals surface area contributed by atoms with Crippen molar-refractivity contribution in [3.63, 3.8) is 0 Å². The first-order valence-electron chi connectivity index (χ1n) is 7.58. The van der Waals surface area contributed by atoms with Gasteiger partial charge in [0.05, 0.1) is 6.10 Å². The molecule has 0 radical (unpaired) electrons. The molecule has 0 spiro atoms. The fourth-order valence-corrected chi connectivity index (χ4v) is 3.93. The second-order valence-corrected chi connectivity index (χ2v) is 7.04. The van der Waals surface area contributed by atoms with Crippen molar-refractivity contribution in [1.82, 2.24) is 0 Å². The summed E-state index contributed by atoms with van der Waals surface area (Å²) in [5.74, 6) is 0.943. The summed E-state index contributed by atoms with van der Waals surface area (Å²) in [4.78, 5) is 0.362. The van der Waals surface area contributed by atoms with E-state index in [1.807, 2.05) is 0 Å². The van der Waals surface area contributed by atoms with Crippen LogP contribution < -0.4 is 4.74 Å². The van der Waals surface area contributed by atoms with E-state index < -0.39 is 0 Å². The molecular weight excluding hydrogens is 324 g/mol. The smallest absolute Gasteiger partial charge is 0.119 e. The molecule has 0 heterocycles. The second-order valence-electron chi connectivity index (χ2n) is 6.12. The average molecular weight is 345 g/mol. The van der Waals surface area contributed by atoms with Crippen LogP contribution in [0, 0.1) is 0 Å². The van der Waals surface area contributed by atoms with Crippen molar-refractivity contribution < 1.29 is 4.74 Å². The summed E-state index contributed by atoms with van der Waals surface area (Å²) >= 11 is 3.94. The standard InChI is InChI=1S/C19H21BrO/c1-14(2)21-17-10-8-15(9-11-17)18(20)19(12-13-19)16-6-4-3-5-7-16/h3-11,14,18H,12-13H2,1-2H3. The number of halogens is 1. The highest BCUT2D eigenvalue weighted by molar-refractivity contribution is 9.09. The third-order valence-electron chi connectivity index (χ3n) is 4.17. The number of alkyl halides is 1. The minimum atomic E-state index is 0.217. The number of hydrogen-bond acceptors (Lipinski definition) is 1. The third kappa shape index (κ3) is 3.01. The van der Waals surface area contributed by atoms with Crippen molar-refractivity contribution in [3.05, 3.63) is 65.7 Å². The quantitative estimate of drug-likeness (QED) is 0.637. The predicted octanol–water partition coefficient (Wildman–Crippen LogP) is 5.64. The molecule has 21 heavy (non-hydrogen) atoms. The van der Waals surface area contributed by atoms with E-state index in [2.05, 4.69) is 84.4 Å². The first-order chi connectivity index (χ1) is 10.1. The molecule has 110 valence electrons. The first-order valence-corrected chi connectivity index (χ1v) is 8.49. The maximum absolute atomic E-state index is 5.72. The Morgan fingerprint density at radius 2 is 1.57 bits per heavy atom. The summed E-state index contributed by atoms with van der Waals surface area (Å²) in [5.41, 5.74) is 3.03. The van der Waals surface area contributed by atoms with E-state index in [-0.39, 0.29) is 11.5 Å². The SMILES string of the molecule is CC(C)Oc1ccc(C(Br)C2(c3ccccc3)CC2)cc1. The van der Waals surface area contributed by atoms with Crippen LogP contribution in [0.4, 0.5) is 0 Å². The van der Waals surface area contributed by atoms with E-state index in [0.717, 1.165) is 5.75 Å². The van der Waals surface area contributed by atoms with Crippen LogP contribution >= 0.6 is 15.9 Å². The summed E-state index contributed by atoms with van der Waals surface area (Å²) < 4.78 is 5.72. The largest absolute Gasteiger partial charge is 0.491 e. The highest BCUT2D eigenvalue weighted by atomic mass is 79.9. The number of rotatable bonds is 5. The highest BCUT2D eigenvalue weighted by Gasteiger charge is 2.50. The van der Waals surface area contributed by atoms with Gasteiger partial charge in [0.2, 0.25) is 0 Å². The molecule has 0 amide bonds. The molecule has 3 rings (SSSR count). The maximum atomic E-state index is 5.72. The van der Waals surface area contributed by atoms with Crippen LogP contribution in [0.5, 0.6) is 5.75 Å². The zero-order valence-electron chi connectivity index (χ0n) is 12.6. The van der Waals surface area contributed by atoms with Gasteiger partial charge >= 0.3 is 0 Å². The van der Waals surface area contributed by atoms with Gasteiger partial charge in [-0.05, 0) is 49.9 Å². The number of ether oxygens (including phenoxy) is 1. The molecule has 1 unspecified atom stereocenters. The first kappa shape index (κ1) is 14.6. The molecule has 1 aliphatic carbocycles. The predicted molar refractivity (Wildman–Crippen MR) is 91.2 cm³/mol. The molecule has 0 bridgehead atoms. The summed E-state index contributed by atoms with van der Waals surface area (Å²) in [6, 6.07) is 19.4. The van der Waals surface area contributed by atoms with Gasteiger partial charge < -0.3 is 4.74 Å². The highest BCUT2D eigenvalue weighted by Crippen LogP contribution is 2.60. The zero-order valence-corrected chi connectivity index (χ0v) is 14.1. The Labute approximate surface area is 135 Å². The lowest BCUT2D eigenvalue weighted by Crippen LogP contribution is -2.13. The van der Waals surface area contributed by atoms with Crippen LogP contribution in [0.1, 0.15) is 42.6 Å². The van der Waals surface area contributed by atoms with Crippen LogP contribution in [-0.4, -0.2) is 6.10 Å². The summed E-state index contributed by atoms with van der Waals surface area (Å²) in [6.07, 6.45) is 2.71. The Morgan fingerprint density at radius 1 is 0.952 bits per heavy atom. The van der Waals surface area contributed by atoms with E-state index in [0.29, 0.717) is 4.83 Å². The van der Waals surface area contributed by atoms with Crippen molar-refractivity contribution in [1.29, 1.82) is 0 Å². The Kier molecular flexibility index (Phi) is 4.08. The zero-order chi connectivity index (χ0) is 14.9. The molecule has 2 heteroatoms. The topological polar surface area (TPSA) is 9.23 Å². The van der Waals surface area contributed by atoms with Gasteiger partial charge in [-0.3, -0.25) is 0 Å². The molecule has 1 nitrogen and oxygen atoms in total. The number of hydrogen-bond donors (Lipinski definition) is 0. The lowest BCUT2D eigenvalue weighted by atomic mass is 9.89. The Morgan fingerprint density at radius 3 is 2.10 bits per heavy atom. The Hall–Kier alpha value is -1.28. The summed E-state index contributed by atoms with van der Waals surface area (Å²) in [7, 11) is 0. The van der Waals surface area contributed by atoms with E-state index >= 15 is 0 Å². The van der Waals surface area contributed by atoms with Gasteiger partial charge in [0.25, 0.3) is 0 Å². The summed E-state index contributed by atoms with van der Waals surface area (Å²) in [6.45, 7) is 4.10.